The number of carbonyl (C=O) groups excluding carboxylic acids is 1. The third kappa shape index (κ3) is 5.05. The summed E-state index contributed by atoms with van der Waals surface area (Å²) in [5.74, 6) is -1.68. The molecule has 0 spiro atoms. The predicted molar refractivity (Wildman–Crippen MR) is 81.8 cm³/mol. The van der Waals surface area contributed by atoms with E-state index in [4.69, 9.17) is 9.90 Å². The molecule has 0 fully saturated rings. The number of benzene rings is 1. The third-order valence-electron chi connectivity index (χ3n) is 3.08. The zero-order valence-electron chi connectivity index (χ0n) is 13.7. The summed E-state index contributed by atoms with van der Waals surface area (Å²) in [6.45, 7) is 2.37. The molecule has 0 aliphatic carbocycles. The topological polar surface area (TPSA) is 75.4 Å². The zero-order chi connectivity index (χ0) is 18.7. The molecule has 1 aromatic carbocycles. The molecule has 1 heterocycles. The fourth-order valence-corrected chi connectivity index (χ4v) is 1.89. The van der Waals surface area contributed by atoms with Crippen LogP contribution in [0.5, 0.6) is 0 Å². The molecule has 0 saturated heterocycles. The van der Waals surface area contributed by atoms with Crippen molar-refractivity contribution >= 4 is 22.8 Å². The van der Waals surface area contributed by atoms with E-state index in [-0.39, 0.29) is 5.78 Å². The number of aromatic nitrogens is 2. The van der Waals surface area contributed by atoms with Crippen LogP contribution in [0, 0.1) is 0 Å². The number of alkyl halides is 3. The van der Waals surface area contributed by atoms with Crippen LogP contribution in [0.3, 0.4) is 0 Å². The Hall–Kier alpha value is -2.42. The Morgan fingerprint density at radius 2 is 1.83 bits per heavy atom. The normalized spacial score (nSPS) is 11.3. The molecule has 0 saturated carbocycles. The second-order valence-corrected chi connectivity index (χ2v) is 5.39. The Morgan fingerprint density at radius 3 is 2.25 bits per heavy atom. The van der Waals surface area contributed by atoms with Gasteiger partial charge in [0, 0.05) is 12.6 Å². The van der Waals surface area contributed by atoms with Gasteiger partial charge in [0.15, 0.2) is 5.78 Å². The highest BCUT2D eigenvalue weighted by atomic mass is 19.4. The van der Waals surface area contributed by atoms with E-state index in [1.54, 1.807) is 6.92 Å². The van der Waals surface area contributed by atoms with Crippen LogP contribution < -0.4 is 0 Å². The van der Waals surface area contributed by atoms with Gasteiger partial charge in [-0.05, 0) is 39.2 Å². The first kappa shape index (κ1) is 19.6. The van der Waals surface area contributed by atoms with Crippen molar-refractivity contribution in [3.63, 3.8) is 0 Å². The van der Waals surface area contributed by atoms with Crippen molar-refractivity contribution in [2.45, 2.75) is 19.6 Å². The van der Waals surface area contributed by atoms with Gasteiger partial charge in [0.25, 0.3) is 0 Å². The third-order valence-corrected chi connectivity index (χ3v) is 3.08. The number of aryl methyl sites for hydroxylation is 1. The van der Waals surface area contributed by atoms with Crippen molar-refractivity contribution in [3.8, 4) is 0 Å². The second-order valence-electron chi connectivity index (χ2n) is 5.39. The number of nitrogens with zero attached hydrogens (tertiary/aromatic N) is 3. The lowest BCUT2D eigenvalue weighted by atomic mass is 10.1. The molecule has 24 heavy (non-hydrogen) atoms. The molecule has 0 unspecified atom stereocenters. The smallest absolute Gasteiger partial charge is 0.475 e. The Kier molecular flexibility index (Phi) is 6.08. The molecule has 0 aliphatic rings. The molecule has 2 rings (SSSR count). The summed E-state index contributed by atoms with van der Waals surface area (Å²) in [6, 6.07) is 5.67. The lowest BCUT2D eigenvalue weighted by Gasteiger charge is -2.08. The Morgan fingerprint density at radius 1 is 1.29 bits per heavy atom. The first-order chi connectivity index (χ1) is 10.9. The van der Waals surface area contributed by atoms with Gasteiger partial charge in [-0.3, -0.25) is 4.79 Å². The summed E-state index contributed by atoms with van der Waals surface area (Å²) in [5.41, 5.74) is 2.66. The number of aliphatic carboxylic acids is 1. The number of carboxylic acid groups (broad SMARTS) is 1. The first-order valence-corrected chi connectivity index (χ1v) is 6.84. The van der Waals surface area contributed by atoms with Crippen LogP contribution in [0.4, 0.5) is 13.2 Å². The Bertz CT molecular complexity index is 751. The average molecular weight is 345 g/mol. The van der Waals surface area contributed by atoms with Gasteiger partial charge in [-0.25, -0.2) is 9.78 Å². The summed E-state index contributed by atoms with van der Waals surface area (Å²) < 4.78 is 33.8. The standard InChI is InChI=1S/C13H17N3O.C2HF3O2/c1-9(17)10-5-6-12-11(7-10)14-13(16(12)4)8-15(2)3;3-2(4,5)1(6)7/h5-7H,8H2,1-4H3;(H,6,7). The Labute approximate surface area is 136 Å². The van der Waals surface area contributed by atoms with Gasteiger partial charge in [-0.1, -0.05) is 0 Å². The molecule has 0 bridgehead atoms. The van der Waals surface area contributed by atoms with Gasteiger partial charge < -0.3 is 14.6 Å². The number of halogens is 3. The van der Waals surface area contributed by atoms with E-state index in [9.17, 15) is 18.0 Å². The van der Waals surface area contributed by atoms with Crippen molar-refractivity contribution in [2.24, 2.45) is 7.05 Å². The van der Waals surface area contributed by atoms with Gasteiger partial charge >= 0.3 is 12.1 Å². The minimum Gasteiger partial charge on any atom is -0.475 e. The summed E-state index contributed by atoms with van der Waals surface area (Å²) in [6.07, 6.45) is -5.08. The molecule has 0 aliphatic heterocycles. The van der Waals surface area contributed by atoms with Crippen molar-refractivity contribution in [1.29, 1.82) is 0 Å². The van der Waals surface area contributed by atoms with Crippen LogP contribution in [0.1, 0.15) is 23.1 Å². The zero-order valence-corrected chi connectivity index (χ0v) is 13.7. The molecule has 9 heteroatoms. The molecule has 132 valence electrons. The molecule has 2 aromatic rings. The molecular weight excluding hydrogens is 327 g/mol. The monoisotopic (exact) mass is 345 g/mol. The van der Waals surface area contributed by atoms with Gasteiger partial charge in [-0.2, -0.15) is 13.2 Å². The second kappa shape index (κ2) is 7.43. The summed E-state index contributed by atoms with van der Waals surface area (Å²) in [4.78, 5) is 26.9. The molecule has 0 amide bonds. The van der Waals surface area contributed by atoms with E-state index in [0.717, 1.165) is 23.4 Å². The minimum atomic E-state index is -5.08. The lowest BCUT2D eigenvalue weighted by Crippen LogP contribution is -2.21. The number of carbonyl (C=O) groups is 2. The Balaban J connectivity index is 0.000000351. The average Bonchev–Trinajstić information content (AvgIpc) is 2.73. The van der Waals surface area contributed by atoms with Crippen molar-refractivity contribution in [2.75, 3.05) is 14.1 Å². The molecule has 6 nitrogen and oxygen atoms in total. The van der Waals surface area contributed by atoms with Gasteiger partial charge in [0.1, 0.15) is 5.82 Å². The number of Topliss-reactive ketones (excluding diaryl/α,β-unsaturated/α-hetero) is 1. The van der Waals surface area contributed by atoms with Crippen LogP contribution >= 0.6 is 0 Å². The van der Waals surface area contributed by atoms with Crippen molar-refractivity contribution < 1.29 is 27.9 Å². The van der Waals surface area contributed by atoms with E-state index in [1.807, 2.05) is 39.3 Å². The maximum atomic E-state index is 11.3. The van der Waals surface area contributed by atoms with E-state index in [1.165, 1.54) is 0 Å². The van der Waals surface area contributed by atoms with Crippen LogP contribution in [0.2, 0.25) is 0 Å². The summed E-state index contributed by atoms with van der Waals surface area (Å²) in [7, 11) is 6.03. The highest BCUT2D eigenvalue weighted by Gasteiger charge is 2.38. The molecule has 1 N–H and O–H groups in total. The number of ketones is 1. The fourth-order valence-electron chi connectivity index (χ4n) is 1.89. The molecular formula is C15H18F3N3O3. The quantitative estimate of drug-likeness (QED) is 0.865. The number of carboxylic acids is 1. The number of fused-ring (bicyclic) bond motifs is 1. The van der Waals surface area contributed by atoms with Gasteiger partial charge in [0.2, 0.25) is 0 Å². The fraction of sp³-hybridized carbons (Fsp3) is 0.400. The van der Waals surface area contributed by atoms with Crippen LogP contribution in [-0.4, -0.2) is 51.6 Å². The summed E-state index contributed by atoms with van der Waals surface area (Å²) in [5, 5.41) is 7.12. The van der Waals surface area contributed by atoms with Gasteiger partial charge in [0.05, 0.1) is 17.6 Å². The largest absolute Gasteiger partial charge is 0.490 e. The van der Waals surface area contributed by atoms with Crippen molar-refractivity contribution in [1.82, 2.24) is 14.5 Å². The molecule has 0 atom stereocenters. The van der Waals surface area contributed by atoms with E-state index < -0.39 is 12.1 Å². The lowest BCUT2D eigenvalue weighted by molar-refractivity contribution is -0.192. The van der Waals surface area contributed by atoms with E-state index in [2.05, 4.69) is 14.5 Å². The first-order valence-electron chi connectivity index (χ1n) is 6.84. The summed E-state index contributed by atoms with van der Waals surface area (Å²) >= 11 is 0. The minimum absolute atomic E-state index is 0.0757. The van der Waals surface area contributed by atoms with Crippen LogP contribution in [0.25, 0.3) is 11.0 Å². The predicted octanol–water partition coefficient (Wildman–Crippen LogP) is 2.47. The van der Waals surface area contributed by atoms with Crippen LogP contribution in [0.15, 0.2) is 18.2 Å². The highest BCUT2D eigenvalue weighted by molar-refractivity contribution is 5.97. The van der Waals surface area contributed by atoms with E-state index >= 15 is 0 Å². The number of hydrogen-bond acceptors (Lipinski definition) is 4. The molecule has 0 radical (unpaired) electrons. The number of rotatable bonds is 3. The number of imidazole rings is 1. The molecule has 1 aromatic heterocycles. The van der Waals surface area contributed by atoms with Crippen LogP contribution in [-0.2, 0) is 18.4 Å². The SMILES string of the molecule is CC(=O)c1ccc2c(c1)nc(CN(C)C)n2C.O=C(O)C(F)(F)F. The maximum absolute atomic E-state index is 11.3. The number of hydrogen-bond donors (Lipinski definition) is 1. The highest BCUT2D eigenvalue weighted by Crippen LogP contribution is 2.17. The van der Waals surface area contributed by atoms with E-state index in [0.29, 0.717) is 5.56 Å². The van der Waals surface area contributed by atoms with Crippen molar-refractivity contribution in [3.05, 3.63) is 29.6 Å². The van der Waals surface area contributed by atoms with Gasteiger partial charge in [-0.15, -0.1) is 0 Å². The maximum Gasteiger partial charge on any atom is 0.490 e.